The SMILES string of the molecule is CC(=O)Nc1nc(CN2CCCC(c3cn(C)nn3)C2)cs1. The Kier molecular flexibility index (Phi) is 4.49. The Morgan fingerprint density at radius 2 is 2.41 bits per heavy atom. The molecule has 7 nitrogen and oxygen atoms in total. The number of hydrogen-bond donors (Lipinski definition) is 1. The van der Waals surface area contributed by atoms with Crippen LogP contribution in [0.25, 0.3) is 0 Å². The summed E-state index contributed by atoms with van der Waals surface area (Å²) in [4.78, 5) is 17.9. The highest BCUT2D eigenvalue weighted by Crippen LogP contribution is 2.26. The maximum absolute atomic E-state index is 11.0. The van der Waals surface area contributed by atoms with E-state index in [0.29, 0.717) is 11.0 Å². The summed E-state index contributed by atoms with van der Waals surface area (Å²) in [6.07, 6.45) is 4.32. The molecule has 1 aliphatic heterocycles. The van der Waals surface area contributed by atoms with Gasteiger partial charge in [0.25, 0.3) is 0 Å². The second-order valence-corrected chi connectivity index (χ2v) is 6.57. The van der Waals surface area contributed by atoms with Crippen molar-refractivity contribution in [3.63, 3.8) is 0 Å². The van der Waals surface area contributed by atoms with E-state index in [2.05, 4.69) is 25.5 Å². The number of likely N-dealkylation sites (tertiary alicyclic amines) is 1. The highest BCUT2D eigenvalue weighted by molar-refractivity contribution is 7.13. The van der Waals surface area contributed by atoms with Crippen molar-refractivity contribution in [2.24, 2.45) is 7.05 Å². The molecule has 118 valence electrons. The summed E-state index contributed by atoms with van der Waals surface area (Å²) in [7, 11) is 1.90. The van der Waals surface area contributed by atoms with E-state index >= 15 is 0 Å². The molecule has 1 fully saturated rings. The number of piperidine rings is 1. The van der Waals surface area contributed by atoms with Gasteiger partial charge in [-0.15, -0.1) is 16.4 Å². The van der Waals surface area contributed by atoms with Gasteiger partial charge in [0.2, 0.25) is 5.91 Å². The summed E-state index contributed by atoms with van der Waals surface area (Å²) in [5, 5.41) is 13.7. The molecule has 2 aromatic rings. The summed E-state index contributed by atoms with van der Waals surface area (Å²) in [6, 6.07) is 0. The number of carbonyl (C=O) groups is 1. The molecule has 3 heterocycles. The predicted molar refractivity (Wildman–Crippen MR) is 84.7 cm³/mol. The molecule has 2 aromatic heterocycles. The summed E-state index contributed by atoms with van der Waals surface area (Å²) in [5.41, 5.74) is 2.08. The van der Waals surface area contributed by atoms with E-state index in [1.54, 1.807) is 4.68 Å². The molecule has 1 atom stereocenters. The van der Waals surface area contributed by atoms with Crippen molar-refractivity contribution >= 4 is 22.4 Å². The number of anilines is 1. The molecule has 1 saturated heterocycles. The lowest BCUT2D eigenvalue weighted by molar-refractivity contribution is -0.114. The molecule has 0 aromatic carbocycles. The van der Waals surface area contributed by atoms with Crippen LogP contribution in [0, 0.1) is 0 Å². The monoisotopic (exact) mass is 320 g/mol. The van der Waals surface area contributed by atoms with Crippen LogP contribution in [0.1, 0.15) is 37.1 Å². The third-order valence-electron chi connectivity index (χ3n) is 3.76. The molecule has 0 aliphatic carbocycles. The molecular formula is C14H20N6OS. The van der Waals surface area contributed by atoms with E-state index in [-0.39, 0.29) is 5.91 Å². The molecule has 1 N–H and O–H groups in total. The van der Waals surface area contributed by atoms with Gasteiger partial charge >= 0.3 is 0 Å². The standard InChI is InChI=1S/C14H20N6OS/c1-10(21)15-14-16-12(9-22-14)7-20-5-3-4-11(6-20)13-8-19(2)18-17-13/h8-9,11H,3-7H2,1-2H3,(H,15,16,21). The minimum atomic E-state index is -0.0819. The summed E-state index contributed by atoms with van der Waals surface area (Å²) >= 11 is 1.47. The normalized spacial score (nSPS) is 19.3. The lowest BCUT2D eigenvalue weighted by Crippen LogP contribution is -2.34. The van der Waals surface area contributed by atoms with E-state index in [1.165, 1.54) is 18.3 Å². The first kappa shape index (κ1) is 15.1. The molecule has 22 heavy (non-hydrogen) atoms. The highest BCUT2D eigenvalue weighted by atomic mass is 32.1. The Morgan fingerprint density at radius 1 is 1.55 bits per heavy atom. The molecule has 0 spiro atoms. The van der Waals surface area contributed by atoms with E-state index in [0.717, 1.165) is 43.9 Å². The van der Waals surface area contributed by atoms with Gasteiger partial charge in [-0.2, -0.15) is 0 Å². The van der Waals surface area contributed by atoms with Crippen LogP contribution >= 0.6 is 11.3 Å². The number of hydrogen-bond acceptors (Lipinski definition) is 6. The van der Waals surface area contributed by atoms with Gasteiger partial charge in [-0.3, -0.25) is 14.4 Å². The van der Waals surface area contributed by atoms with Crippen LogP contribution in [-0.4, -0.2) is 43.9 Å². The fourth-order valence-corrected chi connectivity index (χ4v) is 3.56. The van der Waals surface area contributed by atoms with Crippen LogP contribution in [-0.2, 0) is 18.4 Å². The van der Waals surface area contributed by atoms with Crippen molar-refractivity contribution in [3.8, 4) is 0 Å². The van der Waals surface area contributed by atoms with Crippen molar-refractivity contribution in [2.75, 3.05) is 18.4 Å². The highest BCUT2D eigenvalue weighted by Gasteiger charge is 2.24. The number of aryl methyl sites for hydroxylation is 1. The quantitative estimate of drug-likeness (QED) is 0.926. The number of nitrogens with zero attached hydrogens (tertiary/aromatic N) is 5. The van der Waals surface area contributed by atoms with E-state index in [4.69, 9.17) is 0 Å². The molecule has 0 saturated carbocycles. The summed E-state index contributed by atoms with van der Waals surface area (Å²) in [6.45, 7) is 4.36. The van der Waals surface area contributed by atoms with Crippen LogP contribution in [0.4, 0.5) is 5.13 Å². The van der Waals surface area contributed by atoms with E-state index < -0.39 is 0 Å². The van der Waals surface area contributed by atoms with Crippen LogP contribution in [0.3, 0.4) is 0 Å². The molecular weight excluding hydrogens is 300 g/mol. The maximum atomic E-state index is 11.0. The first-order valence-electron chi connectivity index (χ1n) is 7.40. The largest absolute Gasteiger partial charge is 0.302 e. The van der Waals surface area contributed by atoms with Crippen molar-refractivity contribution in [1.82, 2.24) is 24.9 Å². The smallest absolute Gasteiger partial charge is 0.223 e. The van der Waals surface area contributed by atoms with Crippen molar-refractivity contribution in [2.45, 2.75) is 32.2 Å². The van der Waals surface area contributed by atoms with Gasteiger partial charge in [-0.05, 0) is 19.4 Å². The number of amides is 1. The van der Waals surface area contributed by atoms with Gasteiger partial charge < -0.3 is 5.32 Å². The minimum Gasteiger partial charge on any atom is -0.302 e. The maximum Gasteiger partial charge on any atom is 0.223 e. The fourth-order valence-electron chi connectivity index (χ4n) is 2.81. The van der Waals surface area contributed by atoms with Gasteiger partial charge in [-0.1, -0.05) is 5.21 Å². The molecule has 0 bridgehead atoms. The molecule has 8 heteroatoms. The average molecular weight is 320 g/mol. The fraction of sp³-hybridized carbons (Fsp3) is 0.571. The van der Waals surface area contributed by atoms with Crippen molar-refractivity contribution in [1.29, 1.82) is 0 Å². The van der Waals surface area contributed by atoms with E-state index in [1.807, 2.05) is 18.6 Å². The Hall–Kier alpha value is -1.80. The Balaban J connectivity index is 1.60. The lowest BCUT2D eigenvalue weighted by atomic mass is 9.95. The van der Waals surface area contributed by atoms with Gasteiger partial charge in [0.1, 0.15) is 0 Å². The second kappa shape index (κ2) is 6.53. The number of aromatic nitrogens is 4. The zero-order valence-corrected chi connectivity index (χ0v) is 13.6. The van der Waals surface area contributed by atoms with Gasteiger partial charge in [0, 0.05) is 44.6 Å². The topological polar surface area (TPSA) is 75.9 Å². The molecule has 1 amide bonds. The van der Waals surface area contributed by atoms with Crippen LogP contribution in [0.15, 0.2) is 11.6 Å². The first-order valence-corrected chi connectivity index (χ1v) is 8.28. The Bertz CT molecular complexity index is 651. The first-order chi connectivity index (χ1) is 10.6. The number of nitrogens with one attached hydrogen (secondary N) is 1. The van der Waals surface area contributed by atoms with Crippen molar-refractivity contribution < 1.29 is 4.79 Å². The van der Waals surface area contributed by atoms with Gasteiger partial charge in [0.15, 0.2) is 5.13 Å². The zero-order valence-electron chi connectivity index (χ0n) is 12.8. The van der Waals surface area contributed by atoms with Crippen LogP contribution in [0.5, 0.6) is 0 Å². The second-order valence-electron chi connectivity index (χ2n) is 5.72. The number of thiazole rings is 1. The number of rotatable bonds is 4. The Labute approximate surface area is 133 Å². The average Bonchev–Trinajstić information content (AvgIpc) is 3.08. The molecule has 0 radical (unpaired) electrons. The zero-order chi connectivity index (χ0) is 15.5. The molecule has 1 unspecified atom stereocenters. The third kappa shape index (κ3) is 3.69. The van der Waals surface area contributed by atoms with E-state index in [9.17, 15) is 4.79 Å². The number of carbonyl (C=O) groups excluding carboxylic acids is 1. The third-order valence-corrected chi connectivity index (χ3v) is 4.57. The predicted octanol–water partition coefficient (Wildman–Crippen LogP) is 1.61. The van der Waals surface area contributed by atoms with Gasteiger partial charge in [-0.25, -0.2) is 4.98 Å². The van der Waals surface area contributed by atoms with Crippen molar-refractivity contribution in [3.05, 3.63) is 23.0 Å². The van der Waals surface area contributed by atoms with Crippen LogP contribution < -0.4 is 5.32 Å². The lowest BCUT2D eigenvalue weighted by Gasteiger charge is -2.31. The Morgan fingerprint density at radius 3 is 3.14 bits per heavy atom. The van der Waals surface area contributed by atoms with Crippen LogP contribution in [0.2, 0.25) is 0 Å². The summed E-state index contributed by atoms with van der Waals surface area (Å²) < 4.78 is 1.76. The molecule has 1 aliphatic rings. The molecule has 3 rings (SSSR count). The minimum absolute atomic E-state index is 0.0819. The summed E-state index contributed by atoms with van der Waals surface area (Å²) in [5.74, 6) is 0.359. The van der Waals surface area contributed by atoms with Gasteiger partial charge in [0.05, 0.1) is 11.4 Å².